The normalized spacial score (nSPS) is 21.1. The topological polar surface area (TPSA) is 29.7 Å². The van der Waals surface area contributed by atoms with Crippen molar-refractivity contribution in [2.75, 3.05) is 0 Å². The molecule has 1 atom stereocenters. The number of hydrogen-bond donors (Lipinski definition) is 1. The molecule has 2 heterocycles. The van der Waals surface area contributed by atoms with Crippen LogP contribution in [0, 0.1) is 7.05 Å². The van der Waals surface area contributed by atoms with Gasteiger partial charge in [-0.25, -0.2) is 4.98 Å². The minimum Gasteiger partial charge on any atom is -0.374 e. The summed E-state index contributed by atoms with van der Waals surface area (Å²) in [6.45, 7) is 0. The molecule has 0 bridgehead atoms. The molecule has 0 aliphatic carbocycles. The second-order valence-electron chi connectivity index (χ2n) is 2.15. The lowest BCUT2D eigenvalue weighted by atomic mass is 10.4. The Kier molecular flexibility index (Phi) is 1.05. The molecule has 2 rings (SSSR count). The molecule has 0 saturated carbocycles. The zero-order chi connectivity index (χ0) is 6.97. The summed E-state index contributed by atoms with van der Waals surface area (Å²) in [6.07, 6.45) is 3.48. The van der Waals surface area contributed by atoms with Crippen LogP contribution in [0.25, 0.3) is 0 Å². The first-order valence-electron chi connectivity index (χ1n) is 3.06. The maximum absolute atomic E-state index is 4.12. The molecule has 0 spiro atoms. The standard InChI is InChI=1S/C7H7N3/c1-10-5-9-6-3-2-4-8-7(6)10/h2-5,10H,1H2. The minimum atomic E-state index is 0.899. The average Bonchev–Trinajstić information content (AvgIpc) is 2.34. The molecule has 1 aliphatic heterocycles. The molecule has 1 unspecified atom stereocenters. The van der Waals surface area contributed by atoms with E-state index in [1.807, 2.05) is 12.1 Å². The van der Waals surface area contributed by atoms with Gasteiger partial charge in [-0.3, -0.25) is 0 Å². The molecule has 50 valence electrons. The zero-order valence-corrected chi connectivity index (χ0v) is 5.41. The minimum absolute atomic E-state index is 0.899. The Labute approximate surface area is 59.0 Å². The van der Waals surface area contributed by atoms with Crippen LogP contribution in [0.3, 0.4) is 0 Å². The van der Waals surface area contributed by atoms with Gasteiger partial charge in [0.05, 0.1) is 0 Å². The molecule has 3 nitrogen and oxygen atoms in total. The van der Waals surface area contributed by atoms with Crippen molar-refractivity contribution in [3.8, 4) is 0 Å². The van der Waals surface area contributed by atoms with Crippen LogP contribution in [-0.2, 0) is 0 Å². The molecular weight excluding hydrogens is 126 g/mol. The van der Waals surface area contributed by atoms with E-state index in [1.54, 1.807) is 12.5 Å². The van der Waals surface area contributed by atoms with Gasteiger partial charge in [0.1, 0.15) is 5.69 Å². The highest BCUT2D eigenvalue weighted by atomic mass is 15.2. The molecule has 1 aromatic rings. The second kappa shape index (κ2) is 1.88. The fraction of sp³-hybridized carbons (Fsp3) is 0. The number of aromatic nitrogens is 1. The van der Waals surface area contributed by atoms with Crippen molar-refractivity contribution >= 4 is 17.8 Å². The molecule has 10 heavy (non-hydrogen) atoms. The third kappa shape index (κ3) is 0.642. The lowest BCUT2D eigenvalue weighted by Crippen LogP contribution is -2.99. The summed E-state index contributed by atoms with van der Waals surface area (Å²) in [5.74, 6) is 0.905. The van der Waals surface area contributed by atoms with Crippen molar-refractivity contribution in [1.82, 2.24) is 4.98 Å². The predicted molar refractivity (Wildman–Crippen MR) is 38.4 cm³/mol. The Hall–Kier alpha value is -1.22. The summed E-state index contributed by atoms with van der Waals surface area (Å²) < 4.78 is 0. The molecule has 0 amide bonds. The van der Waals surface area contributed by atoms with Gasteiger partial charge in [0.2, 0.25) is 5.82 Å². The van der Waals surface area contributed by atoms with Gasteiger partial charge in [-0.2, -0.15) is 4.99 Å². The summed E-state index contributed by atoms with van der Waals surface area (Å²) >= 11 is 0. The van der Waals surface area contributed by atoms with Crippen molar-refractivity contribution in [3.05, 3.63) is 25.4 Å². The number of hydrogen-bond acceptors (Lipinski definition) is 2. The van der Waals surface area contributed by atoms with E-state index in [-0.39, 0.29) is 0 Å². The van der Waals surface area contributed by atoms with Crippen LogP contribution < -0.4 is 4.90 Å². The Balaban J connectivity index is 2.59. The molecule has 1 aromatic heterocycles. The largest absolute Gasteiger partial charge is 0.374 e. The van der Waals surface area contributed by atoms with Crippen LogP contribution in [0.1, 0.15) is 0 Å². The van der Waals surface area contributed by atoms with Crippen molar-refractivity contribution in [2.24, 2.45) is 4.99 Å². The van der Waals surface area contributed by atoms with E-state index in [0.29, 0.717) is 0 Å². The molecule has 1 N–H and O–H groups in total. The Morgan fingerprint density at radius 3 is 3.20 bits per heavy atom. The van der Waals surface area contributed by atoms with Gasteiger partial charge in [-0.05, 0) is 12.1 Å². The first-order valence-corrected chi connectivity index (χ1v) is 3.06. The van der Waals surface area contributed by atoms with E-state index in [9.17, 15) is 0 Å². The fourth-order valence-corrected chi connectivity index (χ4v) is 0.957. The molecule has 0 aromatic carbocycles. The van der Waals surface area contributed by atoms with Gasteiger partial charge in [0.15, 0.2) is 6.34 Å². The van der Waals surface area contributed by atoms with Gasteiger partial charge in [0, 0.05) is 6.20 Å². The molecule has 0 radical (unpaired) electrons. The van der Waals surface area contributed by atoms with Gasteiger partial charge < -0.3 is 4.90 Å². The monoisotopic (exact) mass is 133 g/mol. The highest BCUT2D eigenvalue weighted by Gasteiger charge is 2.12. The van der Waals surface area contributed by atoms with Gasteiger partial charge in [0.25, 0.3) is 0 Å². The summed E-state index contributed by atoms with van der Waals surface area (Å²) in [7, 11) is 3.78. The Morgan fingerprint density at radius 2 is 2.40 bits per heavy atom. The Morgan fingerprint density at radius 1 is 1.50 bits per heavy atom. The van der Waals surface area contributed by atoms with E-state index in [0.717, 1.165) is 16.4 Å². The first kappa shape index (κ1) is 5.56. The van der Waals surface area contributed by atoms with Crippen LogP contribution in [0.5, 0.6) is 0 Å². The maximum Gasteiger partial charge on any atom is 0.231 e. The van der Waals surface area contributed by atoms with Crippen molar-refractivity contribution < 1.29 is 4.90 Å². The fourth-order valence-electron chi connectivity index (χ4n) is 0.957. The molecular formula is C7H7N3. The lowest BCUT2D eigenvalue weighted by Gasteiger charge is -2.05. The van der Waals surface area contributed by atoms with E-state index in [1.165, 1.54) is 0 Å². The summed E-state index contributed by atoms with van der Waals surface area (Å²) in [6, 6.07) is 3.80. The van der Waals surface area contributed by atoms with Gasteiger partial charge in [-0.15, -0.1) is 7.05 Å². The highest BCUT2D eigenvalue weighted by molar-refractivity contribution is 5.68. The number of pyridine rings is 1. The van der Waals surface area contributed by atoms with Crippen molar-refractivity contribution in [2.45, 2.75) is 0 Å². The smallest absolute Gasteiger partial charge is 0.231 e. The molecule has 0 saturated heterocycles. The number of quaternary nitrogens is 1. The van der Waals surface area contributed by atoms with E-state index in [2.05, 4.69) is 17.0 Å². The third-order valence-corrected chi connectivity index (χ3v) is 1.45. The van der Waals surface area contributed by atoms with Crippen LogP contribution in [0.2, 0.25) is 0 Å². The van der Waals surface area contributed by atoms with Gasteiger partial charge >= 0.3 is 0 Å². The molecule has 0 fully saturated rings. The van der Waals surface area contributed by atoms with Crippen molar-refractivity contribution in [1.29, 1.82) is 0 Å². The number of nitrogens with zero attached hydrogens (tertiary/aromatic N) is 2. The van der Waals surface area contributed by atoms with E-state index in [4.69, 9.17) is 0 Å². The maximum atomic E-state index is 4.12. The van der Waals surface area contributed by atoms with Gasteiger partial charge in [-0.1, -0.05) is 0 Å². The zero-order valence-electron chi connectivity index (χ0n) is 5.41. The van der Waals surface area contributed by atoms with E-state index < -0.39 is 0 Å². The lowest BCUT2D eigenvalue weighted by molar-refractivity contribution is -0.665. The van der Waals surface area contributed by atoms with Crippen molar-refractivity contribution in [3.63, 3.8) is 0 Å². The highest BCUT2D eigenvalue weighted by Crippen LogP contribution is 2.18. The second-order valence-corrected chi connectivity index (χ2v) is 2.15. The first-order chi connectivity index (χ1) is 4.88. The predicted octanol–water partition coefficient (Wildman–Crippen LogP) is 0.0630. The van der Waals surface area contributed by atoms with Crippen LogP contribution in [0.4, 0.5) is 11.5 Å². The molecule has 1 aliphatic rings. The van der Waals surface area contributed by atoms with Crippen LogP contribution >= 0.6 is 0 Å². The SMILES string of the molecule is [CH2-][NH+]1C=Nc2cccnc21. The quantitative estimate of drug-likeness (QED) is 0.498. The molecule has 3 heteroatoms. The Bertz CT molecular complexity index is 280. The number of fused-ring (bicyclic) bond motifs is 1. The van der Waals surface area contributed by atoms with E-state index >= 15 is 0 Å². The number of aliphatic imine (C=N–C) groups is 1. The number of nitrogens with one attached hydrogen (secondary N) is 1. The third-order valence-electron chi connectivity index (χ3n) is 1.45. The summed E-state index contributed by atoms with van der Waals surface area (Å²) in [4.78, 5) is 9.11. The van der Waals surface area contributed by atoms with Crippen LogP contribution in [0.15, 0.2) is 23.3 Å². The summed E-state index contributed by atoms with van der Waals surface area (Å²) in [5.41, 5.74) is 0.924. The van der Waals surface area contributed by atoms with Crippen LogP contribution in [-0.4, -0.2) is 11.3 Å². The number of rotatable bonds is 0. The average molecular weight is 133 g/mol. The summed E-state index contributed by atoms with van der Waals surface area (Å²) in [5, 5.41) is 0.